The molecule has 0 saturated heterocycles. The minimum atomic E-state index is -6.00. The van der Waals surface area contributed by atoms with Crippen LogP contribution in [0.2, 0.25) is 0 Å². The molecule has 136 valence electrons. The van der Waals surface area contributed by atoms with Crippen molar-refractivity contribution in [3.8, 4) is 16.3 Å². The predicted octanol–water partition coefficient (Wildman–Crippen LogP) is 4.60. The van der Waals surface area contributed by atoms with Crippen LogP contribution in [0.5, 0.6) is 0 Å². The van der Waals surface area contributed by atoms with Crippen LogP contribution in [0.4, 0.5) is 23.0 Å². The lowest BCUT2D eigenvalue weighted by atomic mass is 10.2. The summed E-state index contributed by atoms with van der Waals surface area (Å²) in [6.07, 6.45) is 0. The Hall–Kier alpha value is -2.82. The van der Waals surface area contributed by atoms with Crippen LogP contribution in [0.25, 0.3) is 16.3 Å². The number of benzene rings is 2. The number of hydrogen-bond donors (Lipinski definition) is 0. The number of aromatic nitrogens is 2. The van der Waals surface area contributed by atoms with Gasteiger partial charge in [0.15, 0.2) is 5.01 Å². The van der Waals surface area contributed by atoms with Crippen LogP contribution in [-0.4, -0.2) is 17.3 Å². The molecule has 2 aromatic carbocycles. The van der Waals surface area contributed by atoms with Gasteiger partial charge in [-0.1, -0.05) is 30.3 Å². The van der Waals surface area contributed by atoms with Crippen molar-refractivity contribution >= 4 is 24.3 Å². The first kappa shape index (κ1) is 19.5. The van der Waals surface area contributed by atoms with Crippen molar-refractivity contribution in [2.24, 2.45) is 0 Å². The summed E-state index contributed by atoms with van der Waals surface area (Å²) in [6.45, 7) is 1.98. The predicted molar refractivity (Wildman–Crippen MR) is 90.7 cm³/mol. The highest BCUT2D eigenvalue weighted by Gasteiger charge is 2.21. The summed E-state index contributed by atoms with van der Waals surface area (Å²) in [5.74, 6) is 0. The summed E-state index contributed by atoms with van der Waals surface area (Å²) in [5.41, 5.74) is 1.96. The summed E-state index contributed by atoms with van der Waals surface area (Å²) in [4.78, 5) is 10.3. The Balaban J connectivity index is 0.000000431. The Labute approximate surface area is 149 Å². The van der Waals surface area contributed by atoms with Gasteiger partial charge >= 0.3 is 7.25 Å². The molecule has 3 rings (SSSR count). The highest BCUT2D eigenvalue weighted by Crippen LogP contribution is 2.23. The molecule has 0 saturated carbocycles. The molecule has 0 aliphatic rings. The molecular formula is C15H12BF4N3O2S. The second-order valence-corrected chi connectivity index (χ2v) is 6.15. The van der Waals surface area contributed by atoms with Crippen molar-refractivity contribution < 1.29 is 26.9 Å². The Morgan fingerprint density at radius 1 is 1.04 bits per heavy atom. The van der Waals surface area contributed by atoms with Gasteiger partial charge in [-0.15, -0.1) is 0 Å². The number of nitro groups is 1. The van der Waals surface area contributed by atoms with E-state index in [0.29, 0.717) is 0 Å². The van der Waals surface area contributed by atoms with E-state index in [1.54, 1.807) is 28.2 Å². The molecule has 0 spiro atoms. The fraction of sp³-hybridized carbons (Fsp3) is 0.0667. The molecule has 5 nitrogen and oxygen atoms in total. The number of rotatable bonds is 3. The lowest BCUT2D eigenvalue weighted by Gasteiger charge is -1.94. The summed E-state index contributed by atoms with van der Waals surface area (Å²) in [7, 11) is -6.00. The van der Waals surface area contributed by atoms with Gasteiger partial charge in [0.05, 0.1) is 4.92 Å². The lowest BCUT2D eigenvalue weighted by molar-refractivity contribution is -0.659. The standard InChI is InChI=1S/C15H12N3O2S.BF4/c1-11-17(13-7-9-14(10-8-13)18(19)20)16-15(21-11)12-5-3-2-4-6-12;2-1(3,4)5/h2-10H,1H3;/q+1;-1. The van der Waals surface area contributed by atoms with Crippen molar-refractivity contribution in [3.05, 3.63) is 69.7 Å². The largest absolute Gasteiger partial charge is 0.673 e. The summed E-state index contributed by atoms with van der Waals surface area (Å²) in [5, 5.41) is 17.2. The number of halogens is 4. The van der Waals surface area contributed by atoms with Gasteiger partial charge in [0.25, 0.3) is 10.7 Å². The highest BCUT2D eigenvalue weighted by molar-refractivity contribution is 7.14. The Bertz CT molecular complexity index is 880. The van der Waals surface area contributed by atoms with Gasteiger partial charge in [0.2, 0.25) is 5.69 Å². The third-order valence-electron chi connectivity index (χ3n) is 3.06. The van der Waals surface area contributed by atoms with Gasteiger partial charge in [-0.25, -0.2) is 0 Å². The Kier molecular flexibility index (Phi) is 6.03. The molecule has 11 heteroatoms. The van der Waals surface area contributed by atoms with Gasteiger partial charge < -0.3 is 17.3 Å². The molecule has 1 heterocycles. The third-order valence-corrected chi connectivity index (χ3v) is 4.04. The normalized spacial score (nSPS) is 10.8. The lowest BCUT2D eigenvalue weighted by Crippen LogP contribution is -2.34. The number of aryl methyl sites for hydroxylation is 1. The molecule has 0 radical (unpaired) electrons. The van der Waals surface area contributed by atoms with Crippen molar-refractivity contribution in [1.29, 1.82) is 0 Å². The molecule has 0 unspecified atom stereocenters. The van der Waals surface area contributed by atoms with Crippen LogP contribution >= 0.6 is 11.3 Å². The van der Waals surface area contributed by atoms with Crippen LogP contribution in [0, 0.1) is 17.0 Å². The van der Waals surface area contributed by atoms with Gasteiger partial charge in [-0.3, -0.25) is 10.1 Å². The second-order valence-electron chi connectivity index (χ2n) is 4.97. The van der Waals surface area contributed by atoms with E-state index >= 15 is 0 Å². The molecule has 0 amide bonds. The summed E-state index contributed by atoms with van der Waals surface area (Å²) < 4.78 is 40.8. The SMILES string of the molecule is Cc1sc(-c2ccccc2)n[n+]1-c1ccc([N+](=O)[O-])cc1.F[B-](F)(F)F. The number of nitro benzene ring substituents is 1. The molecular weight excluding hydrogens is 373 g/mol. The molecule has 3 aromatic rings. The van der Waals surface area contributed by atoms with Crippen molar-refractivity contribution in [2.75, 3.05) is 0 Å². The minimum Gasteiger partial charge on any atom is -0.418 e. The van der Waals surface area contributed by atoms with E-state index in [1.165, 1.54) is 12.1 Å². The van der Waals surface area contributed by atoms with Crippen LogP contribution in [0.15, 0.2) is 54.6 Å². The zero-order chi connectivity index (χ0) is 19.3. The minimum absolute atomic E-state index is 0.0792. The average molecular weight is 385 g/mol. The molecule has 1 aromatic heterocycles. The zero-order valence-electron chi connectivity index (χ0n) is 13.4. The van der Waals surface area contributed by atoms with Gasteiger partial charge in [-0.2, -0.15) is 0 Å². The topological polar surface area (TPSA) is 59.9 Å². The first-order valence-electron chi connectivity index (χ1n) is 7.22. The fourth-order valence-corrected chi connectivity index (χ4v) is 2.91. The van der Waals surface area contributed by atoms with Crippen LogP contribution in [-0.2, 0) is 0 Å². The van der Waals surface area contributed by atoms with Crippen molar-refractivity contribution in [2.45, 2.75) is 6.92 Å². The smallest absolute Gasteiger partial charge is 0.418 e. The van der Waals surface area contributed by atoms with Gasteiger partial charge in [0, 0.05) is 41.9 Å². The van der Waals surface area contributed by atoms with Crippen molar-refractivity contribution in [1.82, 2.24) is 5.10 Å². The monoisotopic (exact) mass is 385 g/mol. The van der Waals surface area contributed by atoms with E-state index in [-0.39, 0.29) is 5.69 Å². The maximum atomic E-state index is 10.7. The molecule has 0 aliphatic heterocycles. The fourth-order valence-electron chi connectivity index (χ4n) is 2.02. The zero-order valence-corrected chi connectivity index (χ0v) is 14.2. The second kappa shape index (κ2) is 8.04. The third kappa shape index (κ3) is 5.62. The van der Waals surface area contributed by atoms with E-state index in [2.05, 4.69) is 5.10 Å². The number of non-ortho nitro benzene ring substituents is 1. The van der Waals surface area contributed by atoms with Crippen LogP contribution < -0.4 is 4.68 Å². The molecule has 0 atom stereocenters. The first-order valence-corrected chi connectivity index (χ1v) is 8.04. The van der Waals surface area contributed by atoms with Gasteiger partial charge in [0.1, 0.15) is 0 Å². The first-order chi connectivity index (χ1) is 12.1. The van der Waals surface area contributed by atoms with E-state index in [9.17, 15) is 27.4 Å². The molecule has 0 aliphatic carbocycles. The molecule has 0 N–H and O–H groups in total. The van der Waals surface area contributed by atoms with Crippen LogP contribution in [0.3, 0.4) is 0 Å². The van der Waals surface area contributed by atoms with Crippen molar-refractivity contribution in [3.63, 3.8) is 0 Å². The van der Waals surface area contributed by atoms with Crippen LogP contribution in [0.1, 0.15) is 5.01 Å². The molecule has 0 fully saturated rings. The maximum absolute atomic E-state index is 10.7. The Morgan fingerprint density at radius 2 is 1.58 bits per heavy atom. The van der Waals surface area contributed by atoms with E-state index in [4.69, 9.17) is 0 Å². The quantitative estimate of drug-likeness (QED) is 0.218. The van der Waals surface area contributed by atoms with E-state index < -0.39 is 12.2 Å². The highest BCUT2D eigenvalue weighted by atomic mass is 32.1. The summed E-state index contributed by atoms with van der Waals surface area (Å²) in [6, 6.07) is 16.3. The van der Waals surface area contributed by atoms with E-state index in [1.807, 2.05) is 37.3 Å². The molecule has 0 bridgehead atoms. The Morgan fingerprint density at radius 3 is 2.08 bits per heavy atom. The number of hydrogen-bond acceptors (Lipinski definition) is 4. The number of nitrogens with zero attached hydrogens (tertiary/aromatic N) is 3. The van der Waals surface area contributed by atoms with E-state index in [0.717, 1.165) is 21.3 Å². The van der Waals surface area contributed by atoms with Gasteiger partial charge in [-0.05, 0) is 16.0 Å². The molecule has 26 heavy (non-hydrogen) atoms. The average Bonchev–Trinajstić information content (AvgIpc) is 2.96. The summed E-state index contributed by atoms with van der Waals surface area (Å²) >= 11 is 1.59. The maximum Gasteiger partial charge on any atom is 0.673 e.